The predicted molar refractivity (Wildman–Crippen MR) is 78.6 cm³/mol. The van der Waals surface area contributed by atoms with Gasteiger partial charge in [0.2, 0.25) is 5.91 Å². The van der Waals surface area contributed by atoms with E-state index in [2.05, 4.69) is 20.7 Å². The number of amides is 2. The molecule has 2 amide bonds. The number of carbonyl (C=O) groups excluding carboxylic acids is 2. The molecule has 0 unspecified atom stereocenters. The third-order valence-corrected chi connectivity index (χ3v) is 3.48. The van der Waals surface area contributed by atoms with E-state index in [9.17, 15) is 9.59 Å². The Morgan fingerprint density at radius 3 is 3.05 bits per heavy atom. The Morgan fingerprint density at radius 2 is 2.29 bits per heavy atom. The Labute approximate surface area is 122 Å². The normalized spacial score (nSPS) is 17.3. The third-order valence-electron chi connectivity index (χ3n) is 3.48. The van der Waals surface area contributed by atoms with Crippen LogP contribution in [0.5, 0.6) is 5.75 Å². The van der Waals surface area contributed by atoms with Gasteiger partial charge in [0.15, 0.2) is 0 Å². The summed E-state index contributed by atoms with van der Waals surface area (Å²) in [6, 6.07) is 5.50. The Hall–Kier alpha value is -2.57. The van der Waals surface area contributed by atoms with E-state index in [4.69, 9.17) is 4.74 Å². The molecule has 1 aromatic carbocycles. The smallest absolute Gasteiger partial charge is 0.271 e. The lowest BCUT2D eigenvalue weighted by Crippen LogP contribution is -2.33. The quantitative estimate of drug-likeness (QED) is 0.840. The minimum Gasteiger partial charge on any atom is -0.490 e. The van der Waals surface area contributed by atoms with Gasteiger partial charge in [-0.1, -0.05) is 0 Å². The van der Waals surface area contributed by atoms with Crippen LogP contribution in [0.15, 0.2) is 23.3 Å². The number of rotatable bonds is 2. The molecule has 110 valence electrons. The van der Waals surface area contributed by atoms with Gasteiger partial charge in [-0.15, -0.1) is 0 Å². The van der Waals surface area contributed by atoms with Gasteiger partial charge in [-0.2, -0.15) is 5.10 Å². The fourth-order valence-electron chi connectivity index (χ4n) is 2.27. The summed E-state index contributed by atoms with van der Waals surface area (Å²) in [5.41, 5.74) is 4.27. The lowest BCUT2D eigenvalue weighted by Gasteiger charge is -2.28. The lowest BCUT2D eigenvalue weighted by atomic mass is 10.1. The second-order valence-electron chi connectivity index (χ2n) is 5.00. The Morgan fingerprint density at radius 1 is 1.43 bits per heavy atom. The maximum absolute atomic E-state index is 12.1. The van der Waals surface area contributed by atoms with E-state index in [0.717, 1.165) is 18.0 Å². The number of ether oxygens (including phenoxy) is 1. The second-order valence-corrected chi connectivity index (χ2v) is 5.00. The first kappa shape index (κ1) is 13.4. The van der Waals surface area contributed by atoms with E-state index >= 15 is 0 Å². The molecule has 21 heavy (non-hydrogen) atoms. The second kappa shape index (κ2) is 5.43. The van der Waals surface area contributed by atoms with Crippen molar-refractivity contribution in [1.29, 1.82) is 0 Å². The molecule has 7 heteroatoms. The number of fused-ring (bicyclic) bond motifs is 1. The summed E-state index contributed by atoms with van der Waals surface area (Å²) in [4.78, 5) is 25.2. The highest BCUT2D eigenvalue weighted by molar-refractivity contribution is 6.43. The molecule has 0 bridgehead atoms. The van der Waals surface area contributed by atoms with Crippen LogP contribution in [0.4, 0.5) is 11.4 Å². The third kappa shape index (κ3) is 2.81. The molecule has 0 aromatic heterocycles. The largest absolute Gasteiger partial charge is 0.490 e. The molecule has 1 aromatic rings. The number of hydrazone groups is 1. The Balaban J connectivity index is 1.75. The average Bonchev–Trinajstić information content (AvgIpc) is 2.49. The van der Waals surface area contributed by atoms with Crippen molar-refractivity contribution in [3.8, 4) is 5.75 Å². The molecule has 0 radical (unpaired) electrons. The molecule has 0 fully saturated rings. The van der Waals surface area contributed by atoms with Crippen LogP contribution in [0.25, 0.3) is 0 Å². The van der Waals surface area contributed by atoms with Crippen molar-refractivity contribution in [1.82, 2.24) is 5.43 Å². The van der Waals surface area contributed by atoms with E-state index in [-0.39, 0.29) is 18.2 Å². The molecular formula is C14H16N4O3. The van der Waals surface area contributed by atoms with Crippen molar-refractivity contribution in [2.75, 3.05) is 30.4 Å². The predicted octanol–water partition coefficient (Wildman–Crippen LogP) is 0.720. The van der Waals surface area contributed by atoms with Gasteiger partial charge in [0.25, 0.3) is 5.91 Å². The summed E-state index contributed by atoms with van der Waals surface area (Å²) in [7, 11) is 1.98. The number of hydrogen-bond donors (Lipinski definition) is 2. The van der Waals surface area contributed by atoms with Crippen LogP contribution in [0.3, 0.4) is 0 Å². The number of nitrogens with zero attached hydrogens (tertiary/aromatic N) is 2. The van der Waals surface area contributed by atoms with Crippen LogP contribution in [-0.4, -0.2) is 37.7 Å². The maximum atomic E-state index is 12.1. The van der Waals surface area contributed by atoms with Crippen LogP contribution in [0.1, 0.15) is 12.8 Å². The summed E-state index contributed by atoms with van der Waals surface area (Å²) < 4.78 is 5.56. The number of benzene rings is 1. The summed E-state index contributed by atoms with van der Waals surface area (Å²) in [5.74, 6) is 0.345. The molecule has 0 aliphatic carbocycles. The summed E-state index contributed by atoms with van der Waals surface area (Å²) in [6.07, 6.45) is 0.638. The van der Waals surface area contributed by atoms with E-state index in [1.807, 2.05) is 19.2 Å². The van der Waals surface area contributed by atoms with E-state index in [0.29, 0.717) is 24.4 Å². The van der Waals surface area contributed by atoms with Crippen molar-refractivity contribution in [3.05, 3.63) is 18.2 Å². The monoisotopic (exact) mass is 288 g/mol. The summed E-state index contributed by atoms with van der Waals surface area (Å²) >= 11 is 0. The van der Waals surface area contributed by atoms with Crippen LogP contribution < -0.4 is 20.4 Å². The highest BCUT2D eigenvalue weighted by Gasteiger charge is 2.20. The number of nitrogens with one attached hydrogen (secondary N) is 2. The zero-order valence-corrected chi connectivity index (χ0v) is 11.7. The van der Waals surface area contributed by atoms with Gasteiger partial charge in [-0.25, -0.2) is 5.43 Å². The minimum absolute atomic E-state index is 0.167. The fourth-order valence-corrected chi connectivity index (χ4v) is 2.27. The molecular weight excluding hydrogens is 272 g/mol. The first-order valence-corrected chi connectivity index (χ1v) is 6.78. The molecule has 2 aliphatic rings. The average molecular weight is 288 g/mol. The van der Waals surface area contributed by atoms with Gasteiger partial charge in [0, 0.05) is 25.6 Å². The van der Waals surface area contributed by atoms with Crippen molar-refractivity contribution >= 4 is 28.9 Å². The van der Waals surface area contributed by atoms with Gasteiger partial charge < -0.3 is 15.0 Å². The molecule has 7 nitrogen and oxygen atoms in total. The zero-order valence-electron chi connectivity index (χ0n) is 11.7. The van der Waals surface area contributed by atoms with E-state index in [1.165, 1.54) is 0 Å². The number of anilines is 2. The molecule has 2 N–H and O–H groups in total. The summed E-state index contributed by atoms with van der Waals surface area (Å²) in [5, 5.41) is 6.57. The topological polar surface area (TPSA) is 83.0 Å². The summed E-state index contributed by atoms with van der Waals surface area (Å²) in [6.45, 7) is 1.47. The molecule has 2 heterocycles. The first-order chi connectivity index (χ1) is 10.1. The van der Waals surface area contributed by atoms with Crippen LogP contribution in [0, 0.1) is 0 Å². The molecule has 3 rings (SSSR count). The first-order valence-electron chi connectivity index (χ1n) is 6.78. The molecule has 0 atom stereocenters. The maximum Gasteiger partial charge on any atom is 0.271 e. The van der Waals surface area contributed by atoms with Crippen LogP contribution >= 0.6 is 0 Å². The molecule has 0 saturated heterocycles. The van der Waals surface area contributed by atoms with Gasteiger partial charge in [0.1, 0.15) is 18.1 Å². The van der Waals surface area contributed by atoms with Crippen LogP contribution in [0.2, 0.25) is 0 Å². The minimum atomic E-state index is -0.297. The van der Waals surface area contributed by atoms with Gasteiger partial charge >= 0.3 is 0 Å². The number of likely N-dealkylation sites (N-methyl/N-ethyl adjacent to an activating group) is 1. The van der Waals surface area contributed by atoms with Gasteiger partial charge in [-0.3, -0.25) is 9.59 Å². The van der Waals surface area contributed by atoms with Crippen molar-refractivity contribution in [3.63, 3.8) is 0 Å². The SMILES string of the molecule is CN1CCOc2ccc(NC(=O)C3=NNC(=O)CC3)cc21. The van der Waals surface area contributed by atoms with Gasteiger partial charge in [0.05, 0.1) is 12.2 Å². The highest BCUT2D eigenvalue weighted by Crippen LogP contribution is 2.33. The zero-order chi connectivity index (χ0) is 14.8. The molecule has 0 spiro atoms. The molecule has 0 saturated carbocycles. The standard InChI is InChI=1S/C14H16N4O3/c1-18-6-7-21-12-4-2-9(8-11(12)18)15-14(20)10-3-5-13(19)17-16-10/h2,4,8H,3,5-7H2,1H3,(H,15,20)(H,17,19). The van der Waals surface area contributed by atoms with E-state index in [1.54, 1.807) is 6.07 Å². The molecule has 2 aliphatic heterocycles. The number of carbonyl (C=O) groups is 2. The van der Waals surface area contributed by atoms with Crippen molar-refractivity contribution in [2.24, 2.45) is 5.10 Å². The van der Waals surface area contributed by atoms with Crippen molar-refractivity contribution < 1.29 is 14.3 Å². The Bertz CT molecular complexity index is 627. The van der Waals surface area contributed by atoms with E-state index < -0.39 is 0 Å². The van der Waals surface area contributed by atoms with Gasteiger partial charge in [-0.05, 0) is 18.2 Å². The fraction of sp³-hybridized carbons (Fsp3) is 0.357. The van der Waals surface area contributed by atoms with Crippen molar-refractivity contribution in [2.45, 2.75) is 12.8 Å². The highest BCUT2D eigenvalue weighted by atomic mass is 16.5. The Kier molecular flexibility index (Phi) is 3.47. The van der Waals surface area contributed by atoms with Crippen LogP contribution in [-0.2, 0) is 9.59 Å². The lowest BCUT2D eigenvalue weighted by molar-refractivity contribution is -0.121. The number of hydrogen-bond acceptors (Lipinski definition) is 5.